The lowest BCUT2D eigenvalue weighted by molar-refractivity contribution is 0.582. The van der Waals surface area contributed by atoms with Crippen molar-refractivity contribution in [3.8, 4) is 17.4 Å². The average molecular weight is 169 g/mol. The molecular weight excluding hydrogens is 162 g/mol. The Hall–Kier alpha value is -2.01. The Morgan fingerprint density at radius 1 is 1.08 bits per heavy atom. The van der Waals surface area contributed by atoms with Gasteiger partial charge in [-0.3, -0.25) is 0 Å². The van der Waals surface area contributed by atoms with Crippen molar-refractivity contribution in [1.82, 2.24) is 0 Å². The van der Waals surface area contributed by atoms with Gasteiger partial charge in [-0.1, -0.05) is 0 Å². The maximum atomic E-state index is 8.59. The van der Waals surface area contributed by atoms with Gasteiger partial charge in [-0.05, 0) is 36.4 Å². The van der Waals surface area contributed by atoms with Gasteiger partial charge in [-0.25, -0.2) is 0 Å². The van der Waals surface area contributed by atoms with Crippen molar-refractivity contribution in [2.24, 2.45) is 0 Å². The Morgan fingerprint density at radius 2 is 1.85 bits per heavy atom. The van der Waals surface area contributed by atoms with Crippen LogP contribution in [0.15, 0.2) is 47.1 Å². The molecule has 2 aromatic rings. The average Bonchev–Trinajstić information content (AvgIpc) is 2.71. The highest BCUT2D eigenvalue weighted by Crippen LogP contribution is 2.19. The molecule has 0 bridgehead atoms. The molecule has 0 saturated carbocycles. The van der Waals surface area contributed by atoms with Crippen LogP contribution in [-0.4, -0.2) is 0 Å². The van der Waals surface area contributed by atoms with E-state index in [9.17, 15) is 0 Å². The van der Waals surface area contributed by atoms with Gasteiger partial charge in [0, 0.05) is 5.56 Å². The summed E-state index contributed by atoms with van der Waals surface area (Å²) in [5.41, 5.74) is 1.65. The van der Waals surface area contributed by atoms with Crippen LogP contribution in [-0.2, 0) is 0 Å². The highest BCUT2D eigenvalue weighted by atomic mass is 16.3. The normalized spacial score (nSPS) is 9.46. The SMILES string of the molecule is N#Cc1ccc(-c2ccco2)cc1. The molecule has 0 aliphatic carbocycles. The topological polar surface area (TPSA) is 36.9 Å². The zero-order valence-electron chi connectivity index (χ0n) is 6.90. The van der Waals surface area contributed by atoms with E-state index >= 15 is 0 Å². The monoisotopic (exact) mass is 169 g/mol. The molecule has 0 N–H and O–H groups in total. The molecule has 2 heteroatoms. The summed E-state index contributed by atoms with van der Waals surface area (Å²) in [5, 5.41) is 8.59. The van der Waals surface area contributed by atoms with E-state index in [-0.39, 0.29) is 0 Å². The Morgan fingerprint density at radius 3 is 2.38 bits per heavy atom. The van der Waals surface area contributed by atoms with Crippen LogP contribution in [0.5, 0.6) is 0 Å². The number of nitrogens with zero attached hydrogens (tertiary/aromatic N) is 1. The van der Waals surface area contributed by atoms with Gasteiger partial charge in [0.05, 0.1) is 17.9 Å². The van der Waals surface area contributed by atoms with Gasteiger partial charge in [0.1, 0.15) is 5.76 Å². The van der Waals surface area contributed by atoms with Gasteiger partial charge in [-0.2, -0.15) is 5.26 Å². The third kappa shape index (κ3) is 1.45. The number of nitriles is 1. The zero-order valence-corrected chi connectivity index (χ0v) is 6.90. The minimum atomic E-state index is 0.662. The van der Waals surface area contributed by atoms with Crippen molar-refractivity contribution in [1.29, 1.82) is 5.26 Å². The molecule has 0 aliphatic rings. The van der Waals surface area contributed by atoms with E-state index in [0.717, 1.165) is 11.3 Å². The quantitative estimate of drug-likeness (QED) is 0.658. The van der Waals surface area contributed by atoms with E-state index in [1.807, 2.05) is 24.3 Å². The predicted octanol–water partition coefficient (Wildman–Crippen LogP) is 2.82. The summed E-state index contributed by atoms with van der Waals surface area (Å²) >= 11 is 0. The third-order valence-corrected chi connectivity index (χ3v) is 1.82. The zero-order chi connectivity index (χ0) is 9.10. The van der Waals surface area contributed by atoms with E-state index in [2.05, 4.69) is 6.07 Å². The smallest absolute Gasteiger partial charge is 0.133 e. The molecule has 62 valence electrons. The first-order valence-corrected chi connectivity index (χ1v) is 3.94. The van der Waals surface area contributed by atoms with Crippen LogP contribution in [0.2, 0.25) is 0 Å². The molecule has 13 heavy (non-hydrogen) atoms. The molecule has 1 aromatic heterocycles. The van der Waals surface area contributed by atoms with Crippen LogP contribution in [0, 0.1) is 11.3 Å². The number of furan rings is 1. The third-order valence-electron chi connectivity index (χ3n) is 1.82. The summed E-state index contributed by atoms with van der Waals surface area (Å²) in [6, 6.07) is 13.1. The van der Waals surface area contributed by atoms with Gasteiger partial charge in [0.25, 0.3) is 0 Å². The van der Waals surface area contributed by atoms with Crippen molar-refractivity contribution in [2.45, 2.75) is 0 Å². The van der Waals surface area contributed by atoms with Gasteiger partial charge < -0.3 is 4.42 Å². The molecule has 2 rings (SSSR count). The van der Waals surface area contributed by atoms with Gasteiger partial charge in [-0.15, -0.1) is 0 Å². The van der Waals surface area contributed by atoms with Gasteiger partial charge in [0.15, 0.2) is 0 Å². The van der Waals surface area contributed by atoms with Crippen molar-refractivity contribution in [3.05, 3.63) is 48.2 Å². The molecule has 0 atom stereocenters. The fourth-order valence-corrected chi connectivity index (χ4v) is 1.15. The molecule has 1 heterocycles. The lowest BCUT2D eigenvalue weighted by Gasteiger charge is -1.95. The second-order valence-electron chi connectivity index (χ2n) is 2.67. The number of benzene rings is 1. The van der Waals surface area contributed by atoms with E-state index in [1.165, 1.54) is 0 Å². The summed E-state index contributed by atoms with van der Waals surface area (Å²) in [7, 11) is 0. The minimum absolute atomic E-state index is 0.662. The number of hydrogen-bond donors (Lipinski definition) is 0. The molecule has 0 radical (unpaired) electrons. The first-order valence-electron chi connectivity index (χ1n) is 3.94. The molecule has 1 aromatic carbocycles. The fourth-order valence-electron chi connectivity index (χ4n) is 1.15. The van der Waals surface area contributed by atoms with Crippen LogP contribution >= 0.6 is 0 Å². The summed E-state index contributed by atoms with van der Waals surface area (Å²) in [5.74, 6) is 0.824. The van der Waals surface area contributed by atoms with Crippen LogP contribution in [0.4, 0.5) is 0 Å². The van der Waals surface area contributed by atoms with E-state index in [1.54, 1.807) is 18.4 Å². The summed E-state index contributed by atoms with van der Waals surface area (Å²) in [6.45, 7) is 0. The molecule has 0 fully saturated rings. The van der Waals surface area contributed by atoms with Gasteiger partial charge in [0.2, 0.25) is 0 Å². The second-order valence-corrected chi connectivity index (χ2v) is 2.67. The number of rotatable bonds is 1. The van der Waals surface area contributed by atoms with Crippen molar-refractivity contribution >= 4 is 0 Å². The van der Waals surface area contributed by atoms with E-state index in [4.69, 9.17) is 9.68 Å². The molecule has 0 spiro atoms. The highest BCUT2D eigenvalue weighted by molar-refractivity contribution is 5.58. The highest BCUT2D eigenvalue weighted by Gasteiger charge is 1.98. The van der Waals surface area contributed by atoms with Crippen molar-refractivity contribution < 1.29 is 4.42 Å². The van der Waals surface area contributed by atoms with E-state index < -0.39 is 0 Å². The molecule has 0 aliphatic heterocycles. The molecule has 0 saturated heterocycles. The molecule has 0 unspecified atom stereocenters. The molecule has 2 nitrogen and oxygen atoms in total. The minimum Gasteiger partial charge on any atom is -0.464 e. The van der Waals surface area contributed by atoms with Crippen molar-refractivity contribution in [3.63, 3.8) is 0 Å². The largest absolute Gasteiger partial charge is 0.464 e. The Kier molecular flexibility index (Phi) is 1.85. The lowest BCUT2D eigenvalue weighted by atomic mass is 10.1. The Balaban J connectivity index is 2.40. The summed E-state index contributed by atoms with van der Waals surface area (Å²) in [6.07, 6.45) is 1.63. The summed E-state index contributed by atoms with van der Waals surface area (Å²) in [4.78, 5) is 0. The second kappa shape index (κ2) is 3.16. The Bertz CT molecular complexity index is 420. The standard InChI is InChI=1S/C11H7NO/c12-8-9-3-5-10(6-4-9)11-2-1-7-13-11/h1-7H. The first-order chi connectivity index (χ1) is 6.40. The number of hydrogen-bond acceptors (Lipinski definition) is 2. The van der Waals surface area contributed by atoms with Crippen LogP contribution < -0.4 is 0 Å². The van der Waals surface area contributed by atoms with Crippen LogP contribution in [0.25, 0.3) is 11.3 Å². The molecule has 0 amide bonds. The van der Waals surface area contributed by atoms with Crippen LogP contribution in [0.3, 0.4) is 0 Å². The van der Waals surface area contributed by atoms with Crippen molar-refractivity contribution in [2.75, 3.05) is 0 Å². The first kappa shape index (κ1) is 7.63. The van der Waals surface area contributed by atoms with E-state index in [0.29, 0.717) is 5.56 Å². The lowest BCUT2D eigenvalue weighted by Crippen LogP contribution is -1.75. The maximum Gasteiger partial charge on any atom is 0.133 e. The Labute approximate surface area is 76.0 Å². The molecular formula is C11H7NO. The fraction of sp³-hybridized carbons (Fsp3) is 0. The van der Waals surface area contributed by atoms with Gasteiger partial charge >= 0.3 is 0 Å². The van der Waals surface area contributed by atoms with Crippen LogP contribution in [0.1, 0.15) is 5.56 Å². The predicted molar refractivity (Wildman–Crippen MR) is 48.9 cm³/mol. The summed E-state index contributed by atoms with van der Waals surface area (Å²) < 4.78 is 5.21. The maximum absolute atomic E-state index is 8.59.